The van der Waals surface area contributed by atoms with Crippen LogP contribution in [0.3, 0.4) is 0 Å². The van der Waals surface area contributed by atoms with Crippen molar-refractivity contribution in [1.29, 1.82) is 0 Å². The third kappa shape index (κ3) is 2.86. The summed E-state index contributed by atoms with van der Waals surface area (Å²) in [7, 11) is 0. The van der Waals surface area contributed by atoms with E-state index in [2.05, 4.69) is 31.2 Å². The molecule has 1 amide bonds. The van der Waals surface area contributed by atoms with Crippen LogP contribution in [-0.2, 0) is 0 Å². The number of benzene rings is 1. The predicted octanol–water partition coefficient (Wildman–Crippen LogP) is 2.77. The van der Waals surface area contributed by atoms with Gasteiger partial charge < -0.3 is 4.42 Å². The van der Waals surface area contributed by atoms with E-state index in [-0.39, 0.29) is 11.9 Å². The molecule has 0 aliphatic carbocycles. The maximum atomic E-state index is 12.0. The van der Waals surface area contributed by atoms with E-state index >= 15 is 0 Å². The number of nitrogens with zero attached hydrogens (tertiary/aromatic N) is 4. The highest BCUT2D eigenvalue weighted by atomic mass is 32.1. The summed E-state index contributed by atoms with van der Waals surface area (Å²) in [5.74, 6) is 0.00405. The Morgan fingerprint density at radius 1 is 1.09 bits per heavy atom. The molecule has 0 saturated carbocycles. The predicted molar refractivity (Wildman–Crippen MR) is 81.8 cm³/mol. The van der Waals surface area contributed by atoms with Gasteiger partial charge in [-0.1, -0.05) is 26.8 Å². The molecule has 3 rings (SSSR count). The SMILES string of the molecule is Cc1cc(C)cc(-c2nnc(NC(=O)c3snnc3C)o2)c1. The van der Waals surface area contributed by atoms with Crippen molar-refractivity contribution in [2.45, 2.75) is 20.8 Å². The second-order valence-corrected chi connectivity index (χ2v) is 5.68. The van der Waals surface area contributed by atoms with Crippen LogP contribution < -0.4 is 5.32 Å². The molecular weight excluding hydrogens is 302 g/mol. The molecule has 0 fully saturated rings. The quantitative estimate of drug-likeness (QED) is 0.798. The Morgan fingerprint density at radius 3 is 2.45 bits per heavy atom. The lowest BCUT2D eigenvalue weighted by atomic mass is 10.1. The van der Waals surface area contributed by atoms with Crippen LogP contribution in [0.4, 0.5) is 6.01 Å². The highest BCUT2D eigenvalue weighted by molar-refractivity contribution is 7.08. The fraction of sp³-hybridized carbons (Fsp3) is 0.214. The van der Waals surface area contributed by atoms with Crippen molar-refractivity contribution in [3.8, 4) is 11.5 Å². The zero-order valence-corrected chi connectivity index (χ0v) is 13.1. The molecule has 0 aliphatic rings. The third-order valence-electron chi connectivity index (χ3n) is 2.97. The molecule has 7 nitrogen and oxygen atoms in total. The highest BCUT2D eigenvalue weighted by Crippen LogP contribution is 2.23. The first-order chi connectivity index (χ1) is 10.5. The molecule has 1 aromatic carbocycles. The van der Waals surface area contributed by atoms with Crippen molar-refractivity contribution in [3.05, 3.63) is 39.9 Å². The molecule has 0 saturated heterocycles. The Labute approximate surface area is 130 Å². The topological polar surface area (TPSA) is 93.8 Å². The molecular formula is C14H13N5O2S. The van der Waals surface area contributed by atoms with Gasteiger partial charge in [0.15, 0.2) is 0 Å². The van der Waals surface area contributed by atoms with Crippen LogP contribution in [0.1, 0.15) is 26.5 Å². The maximum absolute atomic E-state index is 12.0. The van der Waals surface area contributed by atoms with Crippen molar-refractivity contribution in [2.24, 2.45) is 0 Å². The summed E-state index contributed by atoms with van der Waals surface area (Å²) in [6.07, 6.45) is 0. The Bertz CT molecular complexity index is 819. The Morgan fingerprint density at radius 2 is 1.82 bits per heavy atom. The molecule has 0 unspecified atom stereocenters. The maximum Gasteiger partial charge on any atom is 0.322 e. The molecule has 0 aliphatic heterocycles. The molecule has 0 bridgehead atoms. The van der Waals surface area contributed by atoms with E-state index in [9.17, 15) is 4.79 Å². The van der Waals surface area contributed by atoms with Gasteiger partial charge >= 0.3 is 6.01 Å². The average Bonchev–Trinajstić information content (AvgIpc) is 3.06. The lowest BCUT2D eigenvalue weighted by molar-refractivity contribution is 0.102. The van der Waals surface area contributed by atoms with Gasteiger partial charge in [0.2, 0.25) is 5.89 Å². The van der Waals surface area contributed by atoms with Gasteiger partial charge in [-0.3, -0.25) is 10.1 Å². The second-order valence-electron chi connectivity index (χ2n) is 4.93. The smallest absolute Gasteiger partial charge is 0.322 e. The Balaban J connectivity index is 1.82. The summed E-state index contributed by atoms with van der Waals surface area (Å²) >= 11 is 1.02. The van der Waals surface area contributed by atoms with Crippen LogP contribution in [0, 0.1) is 20.8 Å². The van der Waals surface area contributed by atoms with E-state index in [1.807, 2.05) is 26.0 Å². The summed E-state index contributed by atoms with van der Waals surface area (Å²) in [5, 5.41) is 14.2. The minimum absolute atomic E-state index is 0.0481. The van der Waals surface area contributed by atoms with E-state index in [0.29, 0.717) is 16.5 Å². The summed E-state index contributed by atoms with van der Waals surface area (Å²) in [6, 6.07) is 6.00. The Hall–Kier alpha value is -2.61. The summed E-state index contributed by atoms with van der Waals surface area (Å²) in [5.41, 5.74) is 3.59. The van der Waals surface area contributed by atoms with E-state index < -0.39 is 0 Å². The monoisotopic (exact) mass is 315 g/mol. The third-order valence-corrected chi connectivity index (χ3v) is 3.80. The fourth-order valence-corrected chi connectivity index (χ4v) is 2.63. The van der Waals surface area contributed by atoms with Crippen LogP contribution in [0.2, 0.25) is 0 Å². The standard InChI is InChI=1S/C14H13N5O2S/c1-7-4-8(2)6-10(5-7)13-17-18-14(21-13)15-12(20)11-9(3)16-19-22-11/h4-6H,1-3H3,(H,15,18,20). The van der Waals surface area contributed by atoms with E-state index in [0.717, 1.165) is 28.2 Å². The van der Waals surface area contributed by atoms with Gasteiger partial charge in [0, 0.05) is 5.56 Å². The first-order valence-electron chi connectivity index (χ1n) is 6.55. The lowest BCUT2D eigenvalue weighted by Crippen LogP contribution is -2.11. The number of aromatic nitrogens is 4. The molecule has 22 heavy (non-hydrogen) atoms. The van der Waals surface area contributed by atoms with Gasteiger partial charge in [-0.2, -0.15) is 0 Å². The number of carbonyl (C=O) groups is 1. The van der Waals surface area contributed by atoms with Crippen molar-refractivity contribution in [2.75, 3.05) is 5.32 Å². The van der Waals surface area contributed by atoms with E-state index in [1.165, 1.54) is 0 Å². The summed E-state index contributed by atoms with van der Waals surface area (Å²) in [4.78, 5) is 12.5. The van der Waals surface area contributed by atoms with Crippen molar-refractivity contribution < 1.29 is 9.21 Å². The highest BCUT2D eigenvalue weighted by Gasteiger charge is 2.17. The Kier molecular flexibility index (Phi) is 3.68. The first-order valence-corrected chi connectivity index (χ1v) is 7.33. The number of hydrogen-bond acceptors (Lipinski definition) is 7. The van der Waals surface area contributed by atoms with Gasteiger partial charge in [0.05, 0.1) is 5.69 Å². The molecule has 0 radical (unpaired) electrons. The molecule has 3 aromatic rings. The minimum Gasteiger partial charge on any atom is -0.403 e. The number of amides is 1. The van der Waals surface area contributed by atoms with Crippen LogP contribution in [-0.4, -0.2) is 25.7 Å². The lowest BCUT2D eigenvalue weighted by Gasteiger charge is -2.00. The average molecular weight is 315 g/mol. The van der Waals surface area contributed by atoms with Gasteiger partial charge in [-0.25, -0.2) is 0 Å². The van der Waals surface area contributed by atoms with E-state index in [1.54, 1.807) is 6.92 Å². The largest absolute Gasteiger partial charge is 0.403 e. The fourth-order valence-electron chi connectivity index (χ4n) is 2.08. The molecule has 2 aromatic heterocycles. The molecule has 0 spiro atoms. The first kappa shape index (κ1) is 14.3. The van der Waals surface area contributed by atoms with E-state index in [4.69, 9.17) is 4.42 Å². The minimum atomic E-state index is -0.358. The second kappa shape index (κ2) is 5.64. The molecule has 1 N–H and O–H groups in total. The molecule has 112 valence electrons. The zero-order chi connectivity index (χ0) is 15.7. The molecule has 8 heteroatoms. The van der Waals surface area contributed by atoms with Crippen molar-refractivity contribution in [3.63, 3.8) is 0 Å². The van der Waals surface area contributed by atoms with Crippen LogP contribution in [0.25, 0.3) is 11.5 Å². The number of carbonyl (C=O) groups excluding carboxylic acids is 1. The number of rotatable bonds is 3. The van der Waals surface area contributed by atoms with Crippen molar-refractivity contribution in [1.82, 2.24) is 19.8 Å². The van der Waals surface area contributed by atoms with Gasteiger partial charge in [0.1, 0.15) is 4.88 Å². The van der Waals surface area contributed by atoms with Crippen LogP contribution >= 0.6 is 11.5 Å². The molecule has 0 atom stereocenters. The number of anilines is 1. The number of hydrogen-bond donors (Lipinski definition) is 1. The van der Waals surface area contributed by atoms with Gasteiger partial charge in [-0.15, -0.1) is 10.2 Å². The number of aryl methyl sites for hydroxylation is 3. The molecule has 2 heterocycles. The number of nitrogens with one attached hydrogen (secondary N) is 1. The summed E-state index contributed by atoms with van der Waals surface area (Å²) in [6.45, 7) is 5.71. The van der Waals surface area contributed by atoms with Crippen molar-refractivity contribution >= 4 is 23.5 Å². The zero-order valence-electron chi connectivity index (χ0n) is 12.2. The van der Waals surface area contributed by atoms with Crippen LogP contribution in [0.15, 0.2) is 22.6 Å². The van der Waals surface area contributed by atoms with Crippen LogP contribution in [0.5, 0.6) is 0 Å². The van der Waals surface area contributed by atoms with Gasteiger partial charge in [0.25, 0.3) is 5.91 Å². The summed E-state index contributed by atoms with van der Waals surface area (Å²) < 4.78 is 9.22. The normalized spacial score (nSPS) is 10.7. The van der Waals surface area contributed by atoms with Gasteiger partial charge in [-0.05, 0) is 44.4 Å².